The van der Waals surface area contributed by atoms with Crippen molar-refractivity contribution in [3.05, 3.63) is 5.82 Å². The summed E-state index contributed by atoms with van der Waals surface area (Å²) in [7, 11) is 0. The van der Waals surface area contributed by atoms with Gasteiger partial charge in [-0.2, -0.15) is 4.98 Å². The summed E-state index contributed by atoms with van der Waals surface area (Å²) in [4.78, 5) is 4.32. The molecule has 4 nitrogen and oxygen atoms in total. The molecule has 0 radical (unpaired) electrons. The minimum atomic E-state index is 0.539. The fraction of sp³-hybridized carbons (Fsp3) is 0.818. The first kappa shape index (κ1) is 10.5. The first-order valence-electron chi connectivity index (χ1n) is 5.83. The lowest BCUT2D eigenvalue weighted by Gasteiger charge is -2.07. The first-order chi connectivity index (χ1) is 7.24. The van der Waals surface area contributed by atoms with E-state index in [1.165, 1.54) is 25.7 Å². The van der Waals surface area contributed by atoms with Crippen molar-refractivity contribution in [3.8, 4) is 0 Å². The van der Waals surface area contributed by atoms with Gasteiger partial charge in [-0.15, -0.1) is 0 Å². The van der Waals surface area contributed by atoms with E-state index in [0.29, 0.717) is 18.0 Å². The summed E-state index contributed by atoms with van der Waals surface area (Å²) in [5.74, 6) is 1.38. The van der Waals surface area contributed by atoms with Gasteiger partial charge in [-0.25, -0.2) is 0 Å². The van der Waals surface area contributed by atoms with E-state index in [2.05, 4.69) is 29.3 Å². The number of hydrogen-bond donors (Lipinski definition) is 1. The molecule has 1 N–H and O–H groups in total. The Hall–Kier alpha value is -1.06. The number of hydrogen-bond acceptors (Lipinski definition) is 4. The molecule has 0 amide bonds. The molecule has 0 saturated heterocycles. The van der Waals surface area contributed by atoms with Crippen molar-refractivity contribution in [1.82, 2.24) is 10.1 Å². The van der Waals surface area contributed by atoms with Crippen molar-refractivity contribution in [2.24, 2.45) is 5.92 Å². The summed E-state index contributed by atoms with van der Waals surface area (Å²) in [5, 5.41) is 7.24. The molecule has 15 heavy (non-hydrogen) atoms. The molecule has 1 aromatic heterocycles. The third-order valence-electron chi connectivity index (χ3n) is 2.74. The Kier molecular flexibility index (Phi) is 3.23. The topological polar surface area (TPSA) is 51.0 Å². The highest BCUT2D eigenvalue weighted by atomic mass is 16.5. The number of aromatic nitrogens is 2. The predicted molar refractivity (Wildman–Crippen MR) is 58.7 cm³/mol. The third-order valence-corrected chi connectivity index (χ3v) is 2.74. The van der Waals surface area contributed by atoms with Crippen LogP contribution in [-0.2, 0) is 6.42 Å². The second-order valence-corrected chi connectivity index (χ2v) is 4.74. The highest BCUT2D eigenvalue weighted by Crippen LogP contribution is 2.21. The summed E-state index contributed by atoms with van der Waals surface area (Å²) in [6.45, 7) is 4.31. The molecule has 0 atom stereocenters. The van der Waals surface area contributed by atoms with Crippen molar-refractivity contribution in [3.63, 3.8) is 0 Å². The molecule has 1 heterocycles. The maximum Gasteiger partial charge on any atom is 0.321 e. The Balaban J connectivity index is 1.88. The minimum absolute atomic E-state index is 0.539. The van der Waals surface area contributed by atoms with Crippen molar-refractivity contribution < 1.29 is 4.52 Å². The van der Waals surface area contributed by atoms with Crippen LogP contribution in [0.1, 0.15) is 45.4 Å². The average Bonchev–Trinajstić information content (AvgIpc) is 2.77. The van der Waals surface area contributed by atoms with Crippen LogP contribution in [0.4, 0.5) is 6.01 Å². The lowest BCUT2D eigenvalue weighted by atomic mass is 10.1. The van der Waals surface area contributed by atoms with Crippen LogP contribution in [0.25, 0.3) is 0 Å². The molecule has 4 heteroatoms. The molecule has 0 spiro atoms. The maximum atomic E-state index is 5.16. The number of rotatable bonds is 4. The van der Waals surface area contributed by atoms with E-state index in [9.17, 15) is 0 Å². The first-order valence-corrected chi connectivity index (χ1v) is 5.83. The molecule has 1 aliphatic rings. The highest BCUT2D eigenvalue weighted by molar-refractivity contribution is 5.21. The van der Waals surface area contributed by atoms with Gasteiger partial charge in [0, 0.05) is 12.5 Å². The van der Waals surface area contributed by atoms with Crippen LogP contribution in [0.5, 0.6) is 0 Å². The van der Waals surface area contributed by atoms with Crippen LogP contribution in [0.3, 0.4) is 0 Å². The van der Waals surface area contributed by atoms with Gasteiger partial charge in [0.15, 0.2) is 5.82 Å². The molecule has 2 rings (SSSR count). The fourth-order valence-electron chi connectivity index (χ4n) is 2.01. The van der Waals surface area contributed by atoms with E-state index in [1.54, 1.807) is 0 Å². The summed E-state index contributed by atoms with van der Waals surface area (Å²) in [5.41, 5.74) is 0. The second kappa shape index (κ2) is 4.64. The molecule has 84 valence electrons. The molecule has 1 aliphatic carbocycles. The zero-order chi connectivity index (χ0) is 10.7. The number of nitrogens with zero attached hydrogens (tertiary/aromatic N) is 2. The van der Waals surface area contributed by atoms with Gasteiger partial charge in [0.25, 0.3) is 0 Å². The van der Waals surface area contributed by atoms with Gasteiger partial charge < -0.3 is 9.84 Å². The van der Waals surface area contributed by atoms with E-state index in [0.717, 1.165) is 12.2 Å². The largest absolute Gasteiger partial charge is 0.335 e. The molecule has 1 aromatic rings. The lowest BCUT2D eigenvalue weighted by Crippen LogP contribution is -2.14. The maximum absolute atomic E-state index is 5.16. The molecule has 0 aromatic carbocycles. The Bertz CT molecular complexity index is 303. The van der Waals surface area contributed by atoms with Gasteiger partial charge in [-0.05, 0) is 18.8 Å². The van der Waals surface area contributed by atoms with Crippen LogP contribution in [0, 0.1) is 5.92 Å². The molecular formula is C11H19N3O. The van der Waals surface area contributed by atoms with Crippen molar-refractivity contribution in [1.29, 1.82) is 0 Å². The van der Waals surface area contributed by atoms with Crippen molar-refractivity contribution in [2.45, 2.75) is 52.0 Å². The quantitative estimate of drug-likeness (QED) is 0.828. The SMILES string of the molecule is CC(C)Cc1noc(NC2CCCC2)n1. The highest BCUT2D eigenvalue weighted by Gasteiger charge is 2.17. The summed E-state index contributed by atoms with van der Waals surface area (Å²) in [6.07, 6.45) is 5.95. The summed E-state index contributed by atoms with van der Waals surface area (Å²) >= 11 is 0. The molecular weight excluding hydrogens is 190 g/mol. The minimum Gasteiger partial charge on any atom is -0.335 e. The zero-order valence-electron chi connectivity index (χ0n) is 9.49. The zero-order valence-corrected chi connectivity index (χ0v) is 9.49. The molecule has 1 saturated carbocycles. The smallest absolute Gasteiger partial charge is 0.321 e. The molecule has 1 fully saturated rings. The Labute approximate surface area is 90.4 Å². The summed E-state index contributed by atoms with van der Waals surface area (Å²) < 4.78 is 5.16. The average molecular weight is 209 g/mol. The van der Waals surface area contributed by atoms with Crippen molar-refractivity contribution >= 4 is 6.01 Å². The van der Waals surface area contributed by atoms with Gasteiger partial charge in [0.1, 0.15) is 0 Å². The van der Waals surface area contributed by atoms with Crippen LogP contribution >= 0.6 is 0 Å². The monoisotopic (exact) mass is 209 g/mol. The van der Waals surface area contributed by atoms with E-state index < -0.39 is 0 Å². The lowest BCUT2D eigenvalue weighted by molar-refractivity contribution is 0.414. The van der Waals surface area contributed by atoms with Gasteiger partial charge in [0.05, 0.1) is 0 Å². The van der Waals surface area contributed by atoms with E-state index in [1.807, 2.05) is 0 Å². The molecule has 0 unspecified atom stereocenters. The van der Waals surface area contributed by atoms with Gasteiger partial charge in [-0.1, -0.05) is 31.8 Å². The van der Waals surface area contributed by atoms with Gasteiger partial charge in [0.2, 0.25) is 0 Å². The fourth-order valence-corrected chi connectivity index (χ4v) is 2.01. The van der Waals surface area contributed by atoms with Crippen molar-refractivity contribution in [2.75, 3.05) is 5.32 Å². The Morgan fingerprint density at radius 1 is 1.40 bits per heavy atom. The summed E-state index contributed by atoms with van der Waals surface area (Å²) in [6, 6.07) is 1.13. The Morgan fingerprint density at radius 2 is 2.13 bits per heavy atom. The number of nitrogens with one attached hydrogen (secondary N) is 1. The van der Waals surface area contributed by atoms with Crippen LogP contribution in [0.2, 0.25) is 0 Å². The van der Waals surface area contributed by atoms with Gasteiger partial charge >= 0.3 is 6.01 Å². The van der Waals surface area contributed by atoms with Crippen LogP contribution in [0.15, 0.2) is 4.52 Å². The number of anilines is 1. The van der Waals surface area contributed by atoms with Crippen LogP contribution < -0.4 is 5.32 Å². The molecule has 0 bridgehead atoms. The molecule has 0 aliphatic heterocycles. The third kappa shape index (κ3) is 2.94. The second-order valence-electron chi connectivity index (χ2n) is 4.74. The van der Waals surface area contributed by atoms with E-state index in [-0.39, 0.29) is 0 Å². The van der Waals surface area contributed by atoms with Crippen LogP contribution in [-0.4, -0.2) is 16.2 Å². The van der Waals surface area contributed by atoms with E-state index in [4.69, 9.17) is 4.52 Å². The Morgan fingerprint density at radius 3 is 2.80 bits per heavy atom. The normalized spacial score (nSPS) is 17.5. The standard InChI is InChI=1S/C11H19N3O/c1-8(2)7-10-13-11(15-14-10)12-9-5-3-4-6-9/h8-9H,3-7H2,1-2H3,(H,12,13,14). The van der Waals surface area contributed by atoms with E-state index >= 15 is 0 Å². The van der Waals surface area contributed by atoms with Gasteiger partial charge in [-0.3, -0.25) is 0 Å². The predicted octanol–water partition coefficient (Wildman–Crippen LogP) is 2.62.